The second kappa shape index (κ2) is 7.14. The van der Waals surface area contributed by atoms with Gasteiger partial charge in [-0.3, -0.25) is 19.7 Å². The molecule has 2 aromatic rings. The maximum atomic E-state index is 12.2. The van der Waals surface area contributed by atoms with Crippen molar-refractivity contribution in [2.24, 2.45) is 5.16 Å². The van der Waals surface area contributed by atoms with Gasteiger partial charge in [-0.05, 0) is 18.2 Å². The molecule has 1 N–H and O–H groups in total. The first-order valence-corrected chi connectivity index (χ1v) is 7.93. The number of halogens is 2. The van der Waals surface area contributed by atoms with E-state index in [-0.39, 0.29) is 21.2 Å². The Balaban J connectivity index is 2.11. The molecule has 2 aromatic carbocycles. The minimum Gasteiger partial charge on any atom is -0.313 e. The predicted molar refractivity (Wildman–Crippen MR) is 95.1 cm³/mol. The highest BCUT2D eigenvalue weighted by Gasteiger charge is 2.39. The normalized spacial score (nSPS) is 14.5. The van der Waals surface area contributed by atoms with Crippen LogP contribution in [0.15, 0.2) is 41.6 Å². The Kier molecular flexibility index (Phi) is 4.89. The number of rotatable bonds is 3. The second-order valence-electron chi connectivity index (χ2n) is 5.16. The molecule has 0 radical (unpaired) electrons. The van der Waals surface area contributed by atoms with Crippen molar-refractivity contribution < 1.29 is 24.1 Å². The van der Waals surface area contributed by atoms with Crippen molar-refractivity contribution >= 4 is 57.9 Å². The summed E-state index contributed by atoms with van der Waals surface area (Å²) in [5.41, 5.74) is -1.85. The van der Waals surface area contributed by atoms with Gasteiger partial charge in [0, 0.05) is 0 Å². The number of fused-ring (bicyclic) bond motifs is 1. The molecular weight excluding hydrogens is 401 g/mol. The summed E-state index contributed by atoms with van der Waals surface area (Å²) in [5.74, 6) is -3.29. The van der Waals surface area contributed by atoms with Gasteiger partial charge in [0.15, 0.2) is 5.71 Å². The molecule has 0 atom stereocenters. The highest BCUT2D eigenvalue weighted by molar-refractivity contribution is 6.73. The Morgan fingerprint density at radius 2 is 1.81 bits per heavy atom. The van der Waals surface area contributed by atoms with Crippen LogP contribution in [0.2, 0.25) is 10.0 Å². The summed E-state index contributed by atoms with van der Waals surface area (Å²) in [5, 5.41) is 16.2. The highest BCUT2D eigenvalue weighted by Crippen LogP contribution is 2.42. The summed E-state index contributed by atoms with van der Waals surface area (Å²) in [4.78, 5) is 51.2. The molecule has 1 aliphatic heterocycles. The van der Waals surface area contributed by atoms with Gasteiger partial charge < -0.3 is 10.2 Å². The molecule has 9 nitrogen and oxygen atoms in total. The van der Waals surface area contributed by atoms with Crippen LogP contribution in [-0.4, -0.2) is 28.3 Å². The van der Waals surface area contributed by atoms with E-state index in [1.165, 1.54) is 12.1 Å². The lowest BCUT2D eigenvalue weighted by Crippen LogP contribution is -2.37. The van der Waals surface area contributed by atoms with Crippen molar-refractivity contribution in [3.63, 3.8) is 0 Å². The first kappa shape index (κ1) is 18.5. The number of hydrogen-bond donors (Lipinski definition) is 1. The minimum atomic E-state index is -1.21. The van der Waals surface area contributed by atoms with Crippen molar-refractivity contribution in [1.29, 1.82) is 0 Å². The van der Waals surface area contributed by atoms with E-state index in [0.29, 0.717) is 0 Å². The summed E-state index contributed by atoms with van der Waals surface area (Å²) in [7, 11) is 0. The van der Waals surface area contributed by atoms with Gasteiger partial charge in [-0.2, -0.15) is 0 Å². The number of nitrogens with one attached hydrogen (secondary N) is 1. The van der Waals surface area contributed by atoms with Gasteiger partial charge in [0.25, 0.3) is 11.7 Å². The largest absolute Gasteiger partial charge is 0.365 e. The van der Waals surface area contributed by atoms with Gasteiger partial charge in [-0.1, -0.05) is 46.6 Å². The van der Waals surface area contributed by atoms with E-state index in [0.717, 1.165) is 6.07 Å². The monoisotopic (exact) mass is 407 g/mol. The van der Waals surface area contributed by atoms with E-state index < -0.39 is 39.7 Å². The van der Waals surface area contributed by atoms with Crippen LogP contribution in [0, 0.1) is 10.1 Å². The van der Waals surface area contributed by atoms with Gasteiger partial charge >= 0.3 is 11.7 Å². The third kappa shape index (κ3) is 3.37. The number of carbonyl (C=O) groups is 3. The molecule has 1 amide bonds. The van der Waals surface area contributed by atoms with Crippen LogP contribution < -0.4 is 5.32 Å². The standard InChI is InChI=1S/C16H7Cl2N3O6/c17-8-6-9(18)13(21(25)26)11-10(8)12(14(22)15(23)19-11)20-27-16(24)7-4-2-1-3-5-7/h1-6H,(H,19,23). The molecule has 0 aliphatic carbocycles. The Bertz CT molecular complexity index is 1040. The number of oxime groups is 1. The van der Waals surface area contributed by atoms with E-state index in [2.05, 4.69) is 10.5 Å². The zero-order valence-corrected chi connectivity index (χ0v) is 14.6. The fraction of sp³-hybridized carbons (Fsp3) is 0. The fourth-order valence-corrected chi connectivity index (χ4v) is 2.95. The quantitative estimate of drug-likeness (QED) is 0.360. The number of amides is 1. The number of hydrogen-bond acceptors (Lipinski definition) is 7. The molecule has 3 rings (SSSR count). The number of nitro groups is 1. The van der Waals surface area contributed by atoms with Crippen LogP contribution in [0.25, 0.3) is 0 Å². The molecule has 136 valence electrons. The van der Waals surface area contributed by atoms with E-state index in [1.807, 2.05) is 0 Å². The summed E-state index contributed by atoms with van der Waals surface area (Å²) >= 11 is 11.8. The van der Waals surface area contributed by atoms with Crippen molar-refractivity contribution in [3.8, 4) is 0 Å². The summed E-state index contributed by atoms with van der Waals surface area (Å²) < 4.78 is 0. The van der Waals surface area contributed by atoms with Crippen molar-refractivity contribution in [2.45, 2.75) is 0 Å². The molecule has 0 unspecified atom stereocenters. The number of ketones is 1. The number of nitrogens with zero attached hydrogens (tertiary/aromatic N) is 2. The Labute approximate surface area is 160 Å². The summed E-state index contributed by atoms with van der Waals surface area (Å²) in [6.07, 6.45) is 0. The zero-order chi connectivity index (χ0) is 19.7. The Morgan fingerprint density at radius 1 is 1.15 bits per heavy atom. The fourth-order valence-electron chi connectivity index (χ4n) is 2.33. The average Bonchev–Trinajstić information content (AvgIpc) is 2.62. The molecule has 27 heavy (non-hydrogen) atoms. The molecule has 1 aliphatic rings. The van der Waals surface area contributed by atoms with Crippen LogP contribution in [0.3, 0.4) is 0 Å². The van der Waals surface area contributed by atoms with Gasteiger partial charge in [0.1, 0.15) is 10.7 Å². The van der Waals surface area contributed by atoms with Gasteiger partial charge in [-0.25, -0.2) is 4.79 Å². The molecular formula is C16H7Cl2N3O6. The van der Waals surface area contributed by atoms with E-state index >= 15 is 0 Å². The third-order valence-electron chi connectivity index (χ3n) is 3.51. The first-order chi connectivity index (χ1) is 12.8. The maximum Gasteiger partial charge on any atom is 0.365 e. The van der Waals surface area contributed by atoms with E-state index in [9.17, 15) is 24.5 Å². The second-order valence-corrected chi connectivity index (χ2v) is 5.98. The van der Waals surface area contributed by atoms with Gasteiger partial charge in [0.05, 0.1) is 21.1 Å². The highest BCUT2D eigenvalue weighted by atomic mass is 35.5. The van der Waals surface area contributed by atoms with Crippen LogP contribution in [0.1, 0.15) is 15.9 Å². The number of carbonyl (C=O) groups excluding carboxylic acids is 3. The third-order valence-corrected chi connectivity index (χ3v) is 4.10. The van der Waals surface area contributed by atoms with Crippen molar-refractivity contribution in [2.75, 3.05) is 5.32 Å². The molecule has 0 saturated carbocycles. The van der Waals surface area contributed by atoms with E-state index in [1.54, 1.807) is 18.2 Å². The Morgan fingerprint density at radius 3 is 2.44 bits per heavy atom. The first-order valence-electron chi connectivity index (χ1n) is 7.18. The molecule has 11 heteroatoms. The topological polar surface area (TPSA) is 128 Å². The zero-order valence-electron chi connectivity index (χ0n) is 13.1. The lowest BCUT2D eigenvalue weighted by atomic mass is 9.98. The Hall–Kier alpha value is -3.30. The maximum absolute atomic E-state index is 12.2. The molecule has 0 aromatic heterocycles. The van der Waals surface area contributed by atoms with Crippen molar-refractivity contribution in [3.05, 3.63) is 67.7 Å². The van der Waals surface area contributed by atoms with Crippen LogP contribution in [0.4, 0.5) is 11.4 Å². The smallest absolute Gasteiger partial charge is 0.313 e. The SMILES string of the molecule is O=C1Nc2c(c(Cl)cc(Cl)c2[N+](=O)[O-])C(=NOC(=O)c2ccccc2)C1=O. The van der Waals surface area contributed by atoms with Gasteiger partial charge in [0.2, 0.25) is 0 Å². The average molecular weight is 408 g/mol. The van der Waals surface area contributed by atoms with Crippen LogP contribution in [0.5, 0.6) is 0 Å². The molecule has 0 fully saturated rings. The van der Waals surface area contributed by atoms with E-state index in [4.69, 9.17) is 28.0 Å². The van der Waals surface area contributed by atoms with Crippen LogP contribution >= 0.6 is 23.2 Å². The number of anilines is 1. The van der Waals surface area contributed by atoms with Crippen LogP contribution in [-0.2, 0) is 14.4 Å². The number of Topliss-reactive ketones (excluding diaryl/α,β-unsaturated/α-hetero) is 1. The summed E-state index contributed by atoms with van der Waals surface area (Å²) in [6, 6.07) is 8.77. The lowest BCUT2D eigenvalue weighted by Gasteiger charge is -2.18. The molecule has 0 bridgehead atoms. The molecule has 1 heterocycles. The minimum absolute atomic E-state index is 0.142. The number of benzene rings is 2. The summed E-state index contributed by atoms with van der Waals surface area (Å²) in [6.45, 7) is 0. The lowest BCUT2D eigenvalue weighted by molar-refractivity contribution is -0.383. The van der Waals surface area contributed by atoms with Gasteiger partial charge in [-0.15, -0.1) is 0 Å². The molecule has 0 saturated heterocycles. The molecule has 0 spiro atoms. The van der Waals surface area contributed by atoms with Crippen molar-refractivity contribution in [1.82, 2.24) is 0 Å². The number of nitro benzene ring substituents is 1. The predicted octanol–water partition coefficient (Wildman–Crippen LogP) is 2.98.